The van der Waals surface area contributed by atoms with E-state index in [1.54, 1.807) is 20.3 Å². The molecule has 4 nitrogen and oxygen atoms in total. The van der Waals surface area contributed by atoms with Gasteiger partial charge >= 0.3 is 0 Å². The highest BCUT2D eigenvalue weighted by molar-refractivity contribution is 5.22. The van der Waals surface area contributed by atoms with Crippen LogP contribution in [0.1, 0.15) is 11.4 Å². The van der Waals surface area contributed by atoms with Gasteiger partial charge in [-0.3, -0.25) is 0 Å². The molecular formula is C14H16N2O2. The molecule has 0 atom stereocenters. The van der Waals surface area contributed by atoms with E-state index in [1.165, 1.54) is 5.56 Å². The molecule has 1 aromatic heterocycles. The summed E-state index contributed by atoms with van der Waals surface area (Å²) in [6, 6.07) is 11.9. The zero-order valence-electron chi connectivity index (χ0n) is 10.6. The summed E-state index contributed by atoms with van der Waals surface area (Å²) in [7, 11) is 3.17. The summed E-state index contributed by atoms with van der Waals surface area (Å²) in [5.74, 6) is 1.80. The summed E-state index contributed by atoms with van der Waals surface area (Å²) in [6.45, 7) is 0. The molecule has 18 heavy (non-hydrogen) atoms. The van der Waals surface area contributed by atoms with Gasteiger partial charge in [0.25, 0.3) is 0 Å². The van der Waals surface area contributed by atoms with Crippen molar-refractivity contribution in [2.45, 2.75) is 12.8 Å². The van der Waals surface area contributed by atoms with Crippen LogP contribution in [-0.2, 0) is 12.8 Å². The molecule has 0 amide bonds. The highest BCUT2D eigenvalue weighted by Crippen LogP contribution is 2.15. The Hall–Kier alpha value is -2.10. The van der Waals surface area contributed by atoms with Crippen molar-refractivity contribution in [1.82, 2.24) is 9.97 Å². The molecule has 0 saturated carbocycles. The van der Waals surface area contributed by atoms with Crippen molar-refractivity contribution >= 4 is 0 Å². The van der Waals surface area contributed by atoms with Gasteiger partial charge in [0.2, 0.25) is 11.8 Å². The monoisotopic (exact) mass is 244 g/mol. The molecule has 1 aromatic carbocycles. The summed E-state index contributed by atoms with van der Waals surface area (Å²) < 4.78 is 10.2. The first-order valence-corrected chi connectivity index (χ1v) is 5.81. The third-order valence-electron chi connectivity index (χ3n) is 2.62. The number of hydrogen-bond acceptors (Lipinski definition) is 4. The van der Waals surface area contributed by atoms with Gasteiger partial charge in [0, 0.05) is 6.42 Å². The number of rotatable bonds is 5. The molecule has 0 aliphatic heterocycles. The fourth-order valence-electron chi connectivity index (χ4n) is 1.67. The highest BCUT2D eigenvalue weighted by Gasteiger charge is 2.05. The van der Waals surface area contributed by atoms with Crippen LogP contribution in [0.3, 0.4) is 0 Å². The van der Waals surface area contributed by atoms with E-state index < -0.39 is 0 Å². The van der Waals surface area contributed by atoms with Gasteiger partial charge < -0.3 is 9.47 Å². The Bertz CT molecular complexity index is 478. The second-order valence-electron chi connectivity index (χ2n) is 3.85. The Morgan fingerprint density at radius 3 is 2.06 bits per heavy atom. The van der Waals surface area contributed by atoms with Crippen LogP contribution in [0.25, 0.3) is 0 Å². The van der Waals surface area contributed by atoms with E-state index in [9.17, 15) is 0 Å². The van der Waals surface area contributed by atoms with Crippen LogP contribution in [0.2, 0.25) is 0 Å². The molecule has 0 N–H and O–H groups in total. The highest BCUT2D eigenvalue weighted by atomic mass is 16.5. The first-order chi connectivity index (χ1) is 8.81. The molecule has 0 aliphatic carbocycles. The molecule has 0 bridgehead atoms. The summed E-state index contributed by atoms with van der Waals surface area (Å²) >= 11 is 0. The quantitative estimate of drug-likeness (QED) is 0.809. The van der Waals surface area contributed by atoms with Crippen molar-refractivity contribution < 1.29 is 9.47 Å². The van der Waals surface area contributed by atoms with E-state index in [-0.39, 0.29) is 0 Å². The van der Waals surface area contributed by atoms with Crippen molar-refractivity contribution in [2.75, 3.05) is 14.2 Å². The van der Waals surface area contributed by atoms with E-state index in [1.807, 2.05) is 18.2 Å². The van der Waals surface area contributed by atoms with Gasteiger partial charge in [0.15, 0.2) is 0 Å². The van der Waals surface area contributed by atoms with Crippen molar-refractivity contribution in [2.24, 2.45) is 0 Å². The van der Waals surface area contributed by atoms with Crippen LogP contribution >= 0.6 is 0 Å². The lowest BCUT2D eigenvalue weighted by Gasteiger charge is -2.06. The summed E-state index contributed by atoms with van der Waals surface area (Å²) in [5.41, 5.74) is 1.27. The van der Waals surface area contributed by atoms with E-state index in [0.29, 0.717) is 11.8 Å². The maximum Gasteiger partial charge on any atom is 0.220 e. The molecule has 2 aromatic rings. The normalized spacial score (nSPS) is 10.1. The minimum absolute atomic E-state index is 0.532. The zero-order chi connectivity index (χ0) is 12.8. The van der Waals surface area contributed by atoms with Crippen molar-refractivity contribution in [1.29, 1.82) is 0 Å². The Morgan fingerprint density at radius 1 is 0.889 bits per heavy atom. The van der Waals surface area contributed by atoms with Crippen LogP contribution in [0.15, 0.2) is 36.4 Å². The molecule has 0 unspecified atom stereocenters. The lowest BCUT2D eigenvalue weighted by molar-refractivity contribution is 0.368. The fraction of sp³-hybridized carbons (Fsp3) is 0.286. The SMILES string of the molecule is COc1cc(OC)nc(CCc2ccccc2)n1. The molecule has 94 valence electrons. The summed E-state index contributed by atoms with van der Waals surface area (Å²) in [4.78, 5) is 8.60. The molecule has 0 saturated heterocycles. The van der Waals surface area contributed by atoms with Gasteiger partial charge in [-0.15, -0.1) is 0 Å². The second-order valence-corrected chi connectivity index (χ2v) is 3.85. The average Bonchev–Trinajstić information content (AvgIpc) is 2.45. The zero-order valence-corrected chi connectivity index (χ0v) is 10.6. The smallest absolute Gasteiger partial charge is 0.220 e. The Labute approximate surface area is 107 Å². The van der Waals surface area contributed by atoms with E-state index in [4.69, 9.17) is 9.47 Å². The standard InChI is InChI=1S/C14H16N2O2/c1-17-13-10-14(18-2)16-12(15-13)9-8-11-6-4-3-5-7-11/h3-7,10H,8-9H2,1-2H3. The number of aryl methyl sites for hydroxylation is 2. The fourth-order valence-corrected chi connectivity index (χ4v) is 1.67. The van der Waals surface area contributed by atoms with Gasteiger partial charge in [-0.1, -0.05) is 30.3 Å². The lowest BCUT2D eigenvalue weighted by atomic mass is 10.1. The Morgan fingerprint density at radius 2 is 1.50 bits per heavy atom. The predicted octanol–water partition coefficient (Wildman–Crippen LogP) is 2.28. The predicted molar refractivity (Wildman–Crippen MR) is 69.0 cm³/mol. The van der Waals surface area contributed by atoms with Gasteiger partial charge in [0.1, 0.15) is 5.82 Å². The second kappa shape index (κ2) is 6.00. The van der Waals surface area contributed by atoms with E-state index in [0.717, 1.165) is 18.7 Å². The van der Waals surface area contributed by atoms with Crippen molar-refractivity contribution in [3.8, 4) is 11.8 Å². The van der Waals surface area contributed by atoms with Gasteiger partial charge in [-0.05, 0) is 12.0 Å². The van der Waals surface area contributed by atoms with Crippen molar-refractivity contribution in [3.05, 3.63) is 47.8 Å². The minimum atomic E-state index is 0.532. The number of ether oxygens (including phenoxy) is 2. The third kappa shape index (κ3) is 3.20. The van der Waals surface area contributed by atoms with Gasteiger partial charge in [0.05, 0.1) is 20.3 Å². The molecule has 0 fully saturated rings. The summed E-state index contributed by atoms with van der Waals surface area (Å²) in [6.07, 6.45) is 1.66. The maximum atomic E-state index is 5.12. The van der Waals surface area contributed by atoms with Gasteiger partial charge in [-0.2, -0.15) is 9.97 Å². The molecule has 1 heterocycles. The number of nitrogens with zero attached hydrogens (tertiary/aromatic N) is 2. The third-order valence-corrected chi connectivity index (χ3v) is 2.62. The first-order valence-electron chi connectivity index (χ1n) is 5.81. The Balaban J connectivity index is 2.09. The van der Waals surface area contributed by atoms with E-state index in [2.05, 4.69) is 22.1 Å². The molecular weight excluding hydrogens is 228 g/mol. The number of benzene rings is 1. The maximum absolute atomic E-state index is 5.12. The number of aromatic nitrogens is 2. The van der Waals surface area contributed by atoms with Gasteiger partial charge in [-0.25, -0.2) is 0 Å². The first kappa shape index (κ1) is 12.4. The largest absolute Gasteiger partial charge is 0.481 e. The average molecular weight is 244 g/mol. The molecule has 0 aliphatic rings. The topological polar surface area (TPSA) is 44.2 Å². The van der Waals surface area contributed by atoms with Crippen LogP contribution in [0, 0.1) is 0 Å². The lowest BCUT2D eigenvalue weighted by Crippen LogP contribution is -2.02. The Kier molecular flexibility index (Phi) is 4.12. The van der Waals surface area contributed by atoms with Crippen LogP contribution in [0.5, 0.6) is 11.8 Å². The van der Waals surface area contributed by atoms with E-state index >= 15 is 0 Å². The van der Waals surface area contributed by atoms with Crippen LogP contribution in [-0.4, -0.2) is 24.2 Å². The van der Waals surface area contributed by atoms with Crippen LogP contribution < -0.4 is 9.47 Å². The number of hydrogen-bond donors (Lipinski definition) is 0. The minimum Gasteiger partial charge on any atom is -0.481 e. The number of methoxy groups -OCH3 is 2. The van der Waals surface area contributed by atoms with Crippen LogP contribution in [0.4, 0.5) is 0 Å². The molecule has 0 radical (unpaired) electrons. The van der Waals surface area contributed by atoms with Crippen molar-refractivity contribution in [3.63, 3.8) is 0 Å². The molecule has 0 spiro atoms. The molecule has 2 rings (SSSR count). The summed E-state index contributed by atoms with van der Waals surface area (Å²) in [5, 5.41) is 0. The molecule has 4 heteroatoms.